The van der Waals surface area contributed by atoms with Gasteiger partial charge in [0.15, 0.2) is 0 Å². The van der Waals surface area contributed by atoms with Gasteiger partial charge < -0.3 is 9.88 Å². The van der Waals surface area contributed by atoms with E-state index in [0.717, 1.165) is 22.6 Å². The first kappa shape index (κ1) is 15.0. The fourth-order valence-corrected chi connectivity index (χ4v) is 3.54. The third-order valence-electron chi connectivity index (χ3n) is 3.47. The summed E-state index contributed by atoms with van der Waals surface area (Å²) in [6.45, 7) is 3.90. The summed E-state index contributed by atoms with van der Waals surface area (Å²) >= 11 is 6.24. The average molecular weight is 332 g/mol. The number of amides is 1. The summed E-state index contributed by atoms with van der Waals surface area (Å²) in [6, 6.07) is 8.42. The van der Waals surface area contributed by atoms with Crippen LogP contribution < -0.4 is 5.32 Å². The van der Waals surface area contributed by atoms with Gasteiger partial charge in [-0.3, -0.25) is 4.79 Å². The normalized spacial score (nSPS) is 16.4. The summed E-state index contributed by atoms with van der Waals surface area (Å²) in [6.07, 6.45) is 1.82. The van der Waals surface area contributed by atoms with Crippen LogP contribution >= 0.6 is 24.0 Å². The van der Waals surface area contributed by atoms with E-state index in [9.17, 15) is 9.18 Å². The van der Waals surface area contributed by atoms with Gasteiger partial charge in [0.25, 0.3) is 5.91 Å². The summed E-state index contributed by atoms with van der Waals surface area (Å²) in [7, 11) is 0. The van der Waals surface area contributed by atoms with Crippen LogP contribution in [0.1, 0.15) is 17.0 Å². The molecule has 1 saturated heterocycles. The van der Waals surface area contributed by atoms with Crippen molar-refractivity contribution in [1.29, 1.82) is 0 Å². The standard InChI is InChI=1S/C16H13FN2OS2/c1-9-6-11(7-14-15(20)18-16(21)22-14)10(2)19(9)13-5-3-4-12(17)8-13/h3-8H,1-2H3,(H,18,20,21). The first-order valence-corrected chi connectivity index (χ1v) is 7.88. The molecule has 1 aliphatic heterocycles. The molecule has 22 heavy (non-hydrogen) atoms. The number of thiocarbonyl (C=S) groups is 1. The van der Waals surface area contributed by atoms with Crippen LogP contribution in [0.15, 0.2) is 35.2 Å². The molecule has 3 nitrogen and oxygen atoms in total. The fourth-order valence-electron chi connectivity index (χ4n) is 2.51. The second kappa shape index (κ2) is 5.70. The van der Waals surface area contributed by atoms with E-state index < -0.39 is 0 Å². The van der Waals surface area contributed by atoms with Crippen LogP contribution in [0, 0.1) is 19.7 Å². The molecule has 112 valence electrons. The fraction of sp³-hybridized carbons (Fsp3) is 0.125. The number of hydrogen-bond donors (Lipinski definition) is 1. The van der Waals surface area contributed by atoms with Crippen molar-refractivity contribution in [3.63, 3.8) is 0 Å². The quantitative estimate of drug-likeness (QED) is 0.672. The summed E-state index contributed by atoms with van der Waals surface area (Å²) in [5, 5.41) is 2.60. The Morgan fingerprint density at radius 1 is 1.32 bits per heavy atom. The Morgan fingerprint density at radius 3 is 2.73 bits per heavy atom. The molecule has 1 N–H and O–H groups in total. The number of aryl methyl sites for hydroxylation is 1. The second-order valence-corrected chi connectivity index (χ2v) is 6.71. The van der Waals surface area contributed by atoms with Crippen molar-refractivity contribution in [2.75, 3.05) is 0 Å². The summed E-state index contributed by atoms with van der Waals surface area (Å²) in [4.78, 5) is 12.3. The van der Waals surface area contributed by atoms with Crippen LogP contribution in [0.4, 0.5) is 4.39 Å². The lowest BCUT2D eigenvalue weighted by atomic mass is 10.2. The summed E-state index contributed by atoms with van der Waals surface area (Å²) in [5.74, 6) is -0.452. The molecule has 0 bridgehead atoms. The zero-order valence-corrected chi connectivity index (χ0v) is 13.6. The minimum atomic E-state index is -0.277. The lowest BCUT2D eigenvalue weighted by molar-refractivity contribution is -0.115. The number of nitrogens with zero attached hydrogens (tertiary/aromatic N) is 1. The molecule has 0 spiro atoms. The molecule has 2 aromatic rings. The van der Waals surface area contributed by atoms with Gasteiger partial charge in [0.1, 0.15) is 10.1 Å². The largest absolute Gasteiger partial charge is 0.318 e. The van der Waals surface area contributed by atoms with Gasteiger partial charge >= 0.3 is 0 Å². The Balaban J connectivity index is 2.06. The maximum Gasteiger partial charge on any atom is 0.263 e. The zero-order chi connectivity index (χ0) is 15.9. The molecule has 0 unspecified atom stereocenters. The number of carbonyl (C=O) groups is 1. The molecule has 6 heteroatoms. The van der Waals surface area contributed by atoms with E-state index in [0.29, 0.717) is 9.23 Å². The molecular weight excluding hydrogens is 319 g/mol. The Bertz CT molecular complexity index is 824. The van der Waals surface area contributed by atoms with Gasteiger partial charge in [0, 0.05) is 17.1 Å². The van der Waals surface area contributed by atoms with Crippen LogP contribution in [0.2, 0.25) is 0 Å². The van der Waals surface area contributed by atoms with Gasteiger partial charge in [-0.2, -0.15) is 0 Å². The average Bonchev–Trinajstić information content (AvgIpc) is 2.90. The highest BCUT2D eigenvalue weighted by Gasteiger charge is 2.23. The van der Waals surface area contributed by atoms with Crippen LogP contribution in [0.5, 0.6) is 0 Å². The SMILES string of the molecule is Cc1cc(C=C2SC(=S)NC2=O)c(C)n1-c1cccc(F)c1. The van der Waals surface area contributed by atoms with Crippen LogP contribution in [-0.4, -0.2) is 14.8 Å². The molecule has 0 aliphatic carbocycles. The van der Waals surface area contributed by atoms with E-state index >= 15 is 0 Å². The third kappa shape index (κ3) is 2.71. The van der Waals surface area contributed by atoms with Gasteiger partial charge in [-0.25, -0.2) is 4.39 Å². The molecule has 1 amide bonds. The summed E-state index contributed by atoms with van der Waals surface area (Å²) < 4.78 is 15.9. The van der Waals surface area contributed by atoms with Gasteiger partial charge in [-0.05, 0) is 49.8 Å². The first-order chi connectivity index (χ1) is 10.5. The predicted octanol–water partition coefficient (Wildman–Crippen LogP) is 3.72. The first-order valence-electron chi connectivity index (χ1n) is 6.65. The number of nitrogens with one attached hydrogen (secondary N) is 1. The van der Waals surface area contributed by atoms with E-state index in [2.05, 4.69) is 5.32 Å². The van der Waals surface area contributed by atoms with E-state index in [1.54, 1.807) is 6.07 Å². The van der Waals surface area contributed by atoms with E-state index in [4.69, 9.17) is 12.2 Å². The van der Waals surface area contributed by atoms with Crippen molar-refractivity contribution in [1.82, 2.24) is 9.88 Å². The van der Waals surface area contributed by atoms with Crippen molar-refractivity contribution in [3.05, 3.63) is 58.0 Å². The smallest absolute Gasteiger partial charge is 0.263 e. The maximum absolute atomic E-state index is 13.4. The summed E-state index contributed by atoms with van der Waals surface area (Å²) in [5.41, 5.74) is 3.60. The van der Waals surface area contributed by atoms with Crippen LogP contribution in [-0.2, 0) is 4.79 Å². The van der Waals surface area contributed by atoms with E-state index in [1.807, 2.05) is 36.6 Å². The predicted molar refractivity (Wildman–Crippen MR) is 91.5 cm³/mol. The number of aromatic nitrogens is 1. The van der Waals surface area contributed by atoms with Crippen LogP contribution in [0.3, 0.4) is 0 Å². The molecule has 3 rings (SSSR count). The Labute approximate surface area is 137 Å². The number of hydrogen-bond acceptors (Lipinski definition) is 3. The number of thioether (sulfide) groups is 1. The Kier molecular flexibility index (Phi) is 3.88. The minimum Gasteiger partial charge on any atom is -0.318 e. The second-order valence-electron chi connectivity index (χ2n) is 4.99. The number of benzene rings is 1. The lowest BCUT2D eigenvalue weighted by Crippen LogP contribution is -2.17. The molecule has 1 aliphatic rings. The Hall–Kier alpha value is -1.92. The molecule has 2 heterocycles. The molecule has 1 aromatic heterocycles. The third-order valence-corrected chi connectivity index (χ3v) is 4.63. The van der Waals surface area contributed by atoms with Gasteiger partial charge in [-0.15, -0.1) is 0 Å². The Morgan fingerprint density at radius 2 is 2.09 bits per heavy atom. The number of rotatable bonds is 2. The van der Waals surface area contributed by atoms with Gasteiger partial charge in [0.2, 0.25) is 0 Å². The molecular formula is C16H13FN2OS2. The van der Waals surface area contributed by atoms with Crippen molar-refractivity contribution >= 4 is 40.3 Å². The van der Waals surface area contributed by atoms with Gasteiger partial charge in [-0.1, -0.05) is 30.0 Å². The van der Waals surface area contributed by atoms with Crippen molar-refractivity contribution in [2.45, 2.75) is 13.8 Å². The van der Waals surface area contributed by atoms with Crippen molar-refractivity contribution in [2.24, 2.45) is 0 Å². The molecule has 0 radical (unpaired) electrons. The van der Waals surface area contributed by atoms with Crippen molar-refractivity contribution < 1.29 is 9.18 Å². The lowest BCUT2D eigenvalue weighted by Gasteiger charge is -2.09. The zero-order valence-electron chi connectivity index (χ0n) is 12.0. The molecule has 0 saturated carbocycles. The van der Waals surface area contributed by atoms with Gasteiger partial charge in [0.05, 0.1) is 4.91 Å². The molecule has 1 aromatic carbocycles. The number of halogens is 1. The minimum absolute atomic E-state index is 0.175. The highest BCUT2D eigenvalue weighted by molar-refractivity contribution is 8.26. The topological polar surface area (TPSA) is 34.0 Å². The maximum atomic E-state index is 13.4. The highest BCUT2D eigenvalue weighted by atomic mass is 32.2. The monoisotopic (exact) mass is 332 g/mol. The van der Waals surface area contributed by atoms with Crippen LogP contribution in [0.25, 0.3) is 11.8 Å². The van der Waals surface area contributed by atoms with Crippen molar-refractivity contribution in [3.8, 4) is 5.69 Å². The van der Waals surface area contributed by atoms with E-state index in [-0.39, 0.29) is 11.7 Å². The molecule has 0 atom stereocenters. The molecule has 1 fully saturated rings. The van der Waals surface area contributed by atoms with E-state index in [1.165, 1.54) is 23.9 Å². The highest BCUT2D eigenvalue weighted by Crippen LogP contribution is 2.29. The number of carbonyl (C=O) groups excluding carboxylic acids is 1.